The smallest absolute Gasteiger partial charge is 0.423 e. The van der Waals surface area contributed by atoms with Gasteiger partial charge in [-0.3, -0.25) is 0 Å². The van der Waals surface area contributed by atoms with Gasteiger partial charge in [-0.05, 0) is 29.4 Å². The Morgan fingerprint density at radius 2 is 2.36 bits per heavy atom. The maximum absolute atomic E-state index is 9.43. The summed E-state index contributed by atoms with van der Waals surface area (Å²) in [5.74, 6) is 0. The SMILES string of the molecule is CCCCc1ccc2c(c1)COB2O. The zero-order valence-corrected chi connectivity index (χ0v) is 8.49. The number of unbranched alkanes of at least 4 members (excludes halogenated alkanes) is 1. The van der Waals surface area contributed by atoms with E-state index < -0.39 is 7.12 Å². The number of aryl methyl sites for hydroxylation is 1. The van der Waals surface area contributed by atoms with E-state index in [1.807, 2.05) is 6.07 Å². The van der Waals surface area contributed by atoms with Gasteiger partial charge in [0.25, 0.3) is 0 Å². The highest BCUT2D eigenvalue weighted by atomic mass is 16.5. The molecule has 2 rings (SSSR count). The molecule has 0 unspecified atom stereocenters. The molecule has 0 saturated carbocycles. The first kappa shape index (κ1) is 9.75. The molecule has 0 fully saturated rings. The van der Waals surface area contributed by atoms with Crippen molar-refractivity contribution in [3.8, 4) is 0 Å². The quantitative estimate of drug-likeness (QED) is 0.726. The van der Waals surface area contributed by atoms with Crippen LogP contribution in [0.3, 0.4) is 0 Å². The van der Waals surface area contributed by atoms with Gasteiger partial charge in [-0.15, -0.1) is 0 Å². The van der Waals surface area contributed by atoms with E-state index in [2.05, 4.69) is 19.1 Å². The van der Waals surface area contributed by atoms with Gasteiger partial charge in [0.15, 0.2) is 0 Å². The van der Waals surface area contributed by atoms with Crippen LogP contribution in [0.25, 0.3) is 0 Å². The number of fused-ring (bicyclic) bond motifs is 1. The fraction of sp³-hybridized carbons (Fsp3) is 0.455. The fourth-order valence-corrected chi connectivity index (χ4v) is 1.82. The van der Waals surface area contributed by atoms with Crippen molar-refractivity contribution in [3.63, 3.8) is 0 Å². The molecule has 0 aromatic heterocycles. The minimum absolute atomic E-state index is 0.552. The molecule has 3 heteroatoms. The third kappa shape index (κ3) is 1.84. The summed E-state index contributed by atoms with van der Waals surface area (Å²) in [5.41, 5.74) is 3.43. The van der Waals surface area contributed by atoms with E-state index in [1.165, 1.54) is 18.4 Å². The van der Waals surface area contributed by atoms with Gasteiger partial charge in [-0.1, -0.05) is 31.5 Å². The maximum Gasteiger partial charge on any atom is 0.491 e. The summed E-state index contributed by atoms with van der Waals surface area (Å²) in [6.45, 7) is 2.75. The van der Waals surface area contributed by atoms with E-state index in [0.717, 1.165) is 17.4 Å². The molecule has 1 aliphatic rings. The van der Waals surface area contributed by atoms with Crippen molar-refractivity contribution >= 4 is 12.6 Å². The second kappa shape index (κ2) is 4.15. The third-order valence-electron chi connectivity index (χ3n) is 2.69. The van der Waals surface area contributed by atoms with Crippen LogP contribution < -0.4 is 5.46 Å². The Balaban J connectivity index is 2.15. The maximum atomic E-state index is 9.43. The van der Waals surface area contributed by atoms with Crippen LogP contribution in [-0.4, -0.2) is 12.1 Å². The molecule has 0 aliphatic carbocycles. The fourth-order valence-electron chi connectivity index (χ4n) is 1.82. The summed E-state index contributed by atoms with van der Waals surface area (Å²) < 4.78 is 5.14. The third-order valence-corrected chi connectivity index (χ3v) is 2.69. The molecular weight excluding hydrogens is 175 g/mol. The van der Waals surface area contributed by atoms with Gasteiger partial charge in [0.2, 0.25) is 0 Å². The zero-order valence-electron chi connectivity index (χ0n) is 8.49. The van der Waals surface area contributed by atoms with Crippen LogP contribution in [0.15, 0.2) is 18.2 Å². The molecule has 1 aromatic rings. The zero-order chi connectivity index (χ0) is 9.97. The highest BCUT2D eigenvalue weighted by Crippen LogP contribution is 2.13. The van der Waals surface area contributed by atoms with Gasteiger partial charge in [0.1, 0.15) is 0 Å². The van der Waals surface area contributed by atoms with Crippen molar-refractivity contribution in [2.24, 2.45) is 0 Å². The number of hydrogen-bond donors (Lipinski definition) is 1. The van der Waals surface area contributed by atoms with Crippen LogP contribution in [-0.2, 0) is 17.7 Å². The van der Waals surface area contributed by atoms with Gasteiger partial charge >= 0.3 is 7.12 Å². The molecule has 14 heavy (non-hydrogen) atoms. The molecule has 2 nitrogen and oxygen atoms in total. The van der Waals surface area contributed by atoms with Crippen LogP contribution in [0.4, 0.5) is 0 Å². The minimum atomic E-state index is -0.703. The Morgan fingerprint density at radius 1 is 1.50 bits per heavy atom. The van der Waals surface area contributed by atoms with Crippen LogP contribution in [0.5, 0.6) is 0 Å². The van der Waals surface area contributed by atoms with Crippen LogP contribution in [0, 0.1) is 0 Å². The van der Waals surface area contributed by atoms with Crippen molar-refractivity contribution in [1.29, 1.82) is 0 Å². The summed E-state index contributed by atoms with van der Waals surface area (Å²) in [4.78, 5) is 0. The van der Waals surface area contributed by atoms with E-state index in [9.17, 15) is 5.02 Å². The second-order valence-corrected chi connectivity index (χ2v) is 3.80. The molecule has 0 radical (unpaired) electrons. The number of benzene rings is 1. The molecule has 1 heterocycles. The standard InChI is InChI=1S/C11H15BO2/c1-2-3-4-9-5-6-11-10(7-9)8-14-12(11)13/h5-7,13H,2-4,8H2,1H3. The lowest BCUT2D eigenvalue weighted by Gasteiger charge is -2.03. The first-order valence-electron chi connectivity index (χ1n) is 5.22. The van der Waals surface area contributed by atoms with Crippen molar-refractivity contribution in [2.75, 3.05) is 0 Å². The highest BCUT2D eigenvalue weighted by molar-refractivity contribution is 6.61. The van der Waals surface area contributed by atoms with Crippen molar-refractivity contribution < 1.29 is 9.68 Å². The molecular formula is C11H15BO2. The Hall–Kier alpha value is -0.795. The minimum Gasteiger partial charge on any atom is -0.423 e. The molecule has 0 amide bonds. The van der Waals surface area contributed by atoms with Gasteiger partial charge in [-0.2, -0.15) is 0 Å². The van der Waals surface area contributed by atoms with Gasteiger partial charge in [-0.25, -0.2) is 0 Å². The predicted octanol–water partition coefficient (Wildman–Crippen LogP) is 1.25. The van der Waals surface area contributed by atoms with Crippen molar-refractivity contribution in [3.05, 3.63) is 29.3 Å². The molecule has 0 saturated heterocycles. The molecule has 1 aromatic carbocycles. The summed E-state index contributed by atoms with van der Waals surface area (Å²) in [6, 6.07) is 6.23. The van der Waals surface area contributed by atoms with E-state index >= 15 is 0 Å². The van der Waals surface area contributed by atoms with Crippen molar-refractivity contribution in [1.82, 2.24) is 0 Å². The highest BCUT2D eigenvalue weighted by Gasteiger charge is 2.26. The topological polar surface area (TPSA) is 29.5 Å². The summed E-state index contributed by atoms with van der Waals surface area (Å²) in [6.07, 6.45) is 3.57. The summed E-state index contributed by atoms with van der Waals surface area (Å²) >= 11 is 0. The lowest BCUT2D eigenvalue weighted by Crippen LogP contribution is -2.27. The van der Waals surface area contributed by atoms with Gasteiger partial charge in [0, 0.05) is 0 Å². The Labute approximate surface area is 85.1 Å². The second-order valence-electron chi connectivity index (χ2n) is 3.80. The molecule has 0 spiro atoms. The molecule has 1 N–H and O–H groups in total. The van der Waals surface area contributed by atoms with Crippen LogP contribution >= 0.6 is 0 Å². The van der Waals surface area contributed by atoms with Crippen molar-refractivity contribution in [2.45, 2.75) is 32.8 Å². The lowest BCUT2D eigenvalue weighted by atomic mass is 9.79. The largest absolute Gasteiger partial charge is 0.491 e. The summed E-state index contributed by atoms with van der Waals surface area (Å²) in [5, 5.41) is 9.43. The van der Waals surface area contributed by atoms with Gasteiger partial charge < -0.3 is 9.68 Å². The average molecular weight is 190 g/mol. The number of rotatable bonds is 3. The molecule has 0 bridgehead atoms. The van der Waals surface area contributed by atoms with E-state index in [-0.39, 0.29) is 0 Å². The van der Waals surface area contributed by atoms with Crippen LogP contribution in [0.1, 0.15) is 30.9 Å². The molecule has 74 valence electrons. The lowest BCUT2D eigenvalue weighted by molar-refractivity contribution is 0.275. The van der Waals surface area contributed by atoms with Gasteiger partial charge in [0.05, 0.1) is 6.61 Å². The first-order chi connectivity index (χ1) is 6.81. The summed E-state index contributed by atoms with van der Waals surface area (Å²) in [7, 11) is -0.703. The normalized spacial score (nSPS) is 14.6. The van der Waals surface area contributed by atoms with E-state index in [0.29, 0.717) is 6.61 Å². The van der Waals surface area contributed by atoms with E-state index in [1.54, 1.807) is 0 Å². The monoisotopic (exact) mass is 190 g/mol. The Bertz CT molecular complexity index is 325. The Kier molecular flexibility index (Phi) is 2.89. The first-order valence-corrected chi connectivity index (χ1v) is 5.22. The molecule has 1 aliphatic heterocycles. The van der Waals surface area contributed by atoms with E-state index in [4.69, 9.17) is 4.65 Å². The van der Waals surface area contributed by atoms with Crippen LogP contribution in [0.2, 0.25) is 0 Å². The molecule has 0 atom stereocenters. The Morgan fingerprint density at radius 3 is 3.14 bits per heavy atom. The average Bonchev–Trinajstić information content (AvgIpc) is 2.57. The predicted molar refractivity (Wildman–Crippen MR) is 57.4 cm³/mol. The number of hydrogen-bond acceptors (Lipinski definition) is 2.